The average molecular weight is 278 g/mol. The summed E-state index contributed by atoms with van der Waals surface area (Å²) in [5.41, 5.74) is -0.352. The van der Waals surface area contributed by atoms with E-state index in [1.807, 2.05) is 13.8 Å². The number of benzene rings is 1. The minimum Gasteiger partial charge on any atom is -0.449 e. The summed E-state index contributed by atoms with van der Waals surface area (Å²) < 4.78 is 31.7. The molecule has 1 aromatic rings. The van der Waals surface area contributed by atoms with Gasteiger partial charge in [-0.3, -0.25) is 0 Å². The van der Waals surface area contributed by atoms with Gasteiger partial charge in [-0.05, 0) is 6.07 Å². The first kappa shape index (κ1) is 14.7. The number of rotatable bonds is 1. The van der Waals surface area contributed by atoms with E-state index in [0.717, 1.165) is 6.07 Å². The van der Waals surface area contributed by atoms with Crippen molar-refractivity contribution in [2.45, 2.75) is 19.9 Å². The molecule has 0 unspecified atom stereocenters. The van der Waals surface area contributed by atoms with Gasteiger partial charge in [-0.25, -0.2) is 13.6 Å². The van der Waals surface area contributed by atoms with Gasteiger partial charge in [0.25, 0.3) is 0 Å². The fourth-order valence-corrected chi connectivity index (χ4v) is 1.93. The molecule has 18 heavy (non-hydrogen) atoms. The van der Waals surface area contributed by atoms with E-state index < -0.39 is 29.2 Å². The molecule has 0 spiro atoms. The molecule has 0 saturated carbocycles. The number of alkyl carbamates (subject to hydrolysis) is 1. The number of amides is 1. The van der Waals surface area contributed by atoms with Crippen molar-refractivity contribution in [1.29, 1.82) is 0 Å². The molecule has 3 nitrogen and oxygen atoms in total. The molecule has 0 radical (unpaired) electrons. The third-order valence-corrected chi connectivity index (χ3v) is 2.91. The minimum absolute atomic E-state index is 0. The highest BCUT2D eigenvalue weighted by Crippen LogP contribution is 2.37. The van der Waals surface area contributed by atoms with Gasteiger partial charge in [0.15, 0.2) is 11.6 Å². The Bertz CT molecular complexity index is 465. The van der Waals surface area contributed by atoms with Crippen LogP contribution in [0.15, 0.2) is 18.2 Å². The van der Waals surface area contributed by atoms with E-state index in [-0.39, 0.29) is 24.6 Å². The van der Waals surface area contributed by atoms with Crippen molar-refractivity contribution < 1.29 is 18.3 Å². The van der Waals surface area contributed by atoms with E-state index in [4.69, 9.17) is 4.74 Å². The standard InChI is InChI=1S/C12H13F2NO2.ClH/c1-12(2)6-17-11(16)15-10(12)7-4-3-5-8(13)9(7)14;/h3-5,10H,6H2,1-2H3,(H,15,16);1H/t10-;/m1./s1. The fraction of sp³-hybridized carbons (Fsp3) is 0.417. The van der Waals surface area contributed by atoms with Crippen LogP contribution in [0, 0.1) is 17.0 Å². The first-order valence-corrected chi connectivity index (χ1v) is 5.29. The SMILES string of the molecule is CC1(C)COC(=O)N[C@@H]1c1cccc(F)c1F.Cl. The molecule has 0 aliphatic carbocycles. The Labute approximate surface area is 110 Å². The van der Waals surface area contributed by atoms with Crippen LogP contribution in [0.3, 0.4) is 0 Å². The van der Waals surface area contributed by atoms with Gasteiger partial charge in [-0.2, -0.15) is 0 Å². The number of ether oxygens (including phenoxy) is 1. The first-order chi connectivity index (χ1) is 7.92. The summed E-state index contributed by atoms with van der Waals surface area (Å²) in [6.07, 6.45) is -0.613. The monoisotopic (exact) mass is 277 g/mol. The molecular weight excluding hydrogens is 264 g/mol. The Morgan fingerprint density at radius 1 is 1.39 bits per heavy atom. The summed E-state index contributed by atoms with van der Waals surface area (Å²) in [5.74, 6) is -1.84. The van der Waals surface area contributed by atoms with Crippen LogP contribution in [0.5, 0.6) is 0 Å². The molecule has 1 aromatic carbocycles. The number of hydrogen-bond donors (Lipinski definition) is 1. The molecule has 0 aromatic heterocycles. The Morgan fingerprint density at radius 2 is 2.06 bits per heavy atom. The second-order valence-corrected chi connectivity index (χ2v) is 4.79. The van der Waals surface area contributed by atoms with Gasteiger partial charge >= 0.3 is 6.09 Å². The molecule has 1 N–H and O–H groups in total. The van der Waals surface area contributed by atoms with Gasteiger partial charge in [-0.1, -0.05) is 26.0 Å². The Kier molecular flexibility index (Phi) is 4.16. The number of nitrogens with one attached hydrogen (secondary N) is 1. The third kappa shape index (κ3) is 2.56. The van der Waals surface area contributed by atoms with Crippen LogP contribution in [0.1, 0.15) is 25.5 Å². The summed E-state index contributed by atoms with van der Waals surface area (Å²) in [6.45, 7) is 3.81. The number of hydrogen-bond acceptors (Lipinski definition) is 2. The summed E-state index contributed by atoms with van der Waals surface area (Å²) in [7, 11) is 0. The molecular formula is C12H14ClF2NO2. The van der Waals surface area contributed by atoms with Crippen molar-refractivity contribution in [2.24, 2.45) is 5.41 Å². The van der Waals surface area contributed by atoms with Crippen molar-refractivity contribution in [1.82, 2.24) is 5.32 Å². The van der Waals surface area contributed by atoms with E-state index in [9.17, 15) is 13.6 Å². The molecule has 1 amide bonds. The molecule has 6 heteroatoms. The highest BCUT2D eigenvalue weighted by Gasteiger charge is 2.39. The van der Waals surface area contributed by atoms with Crippen molar-refractivity contribution in [3.05, 3.63) is 35.4 Å². The highest BCUT2D eigenvalue weighted by molar-refractivity contribution is 5.85. The molecule has 2 rings (SSSR count). The topological polar surface area (TPSA) is 38.3 Å². The largest absolute Gasteiger partial charge is 0.449 e. The van der Waals surface area contributed by atoms with E-state index in [1.54, 1.807) is 0 Å². The molecule has 0 bridgehead atoms. The van der Waals surface area contributed by atoms with Crippen molar-refractivity contribution in [3.8, 4) is 0 Å². The zero-order valence-corrected chi connectivity index (χ0v) is 10.8. The fourth-order valence-electron chi connectivity index (χ4n) is 1.93. The van der Waals surface area contributed by atoms with Gasteiger partial charge in [0, 0.05) is 11.0 Å². The lowest BCUT2D eigenvalue weighted by molar-refractivity contribution is 0.0376. The number of halogens is 3. The van der Waals surface area contributed by atoms with Crippen LogP contribution in [0.2, 0.25) is 0 Å². The van der Waals surface area contributed by atoms with Crippen LogP contribution in [-0.2, 0) is 4.74 Å². The lowest BCUT2D eigenvalue weighted by Gasteiger charge is -2.38. The van der Waals surface area contributed by atoms with Crippen LogP contribution in [-0.4, -0.2) is 12.7 Å². The van der Waals surface area contributed by atoms with Crippen molar-refractivity contribution in [2.75, 3.05) is 6.61 Å². The van der Waals surface area contributed by atoms with Crippen molar-refractivity contribution in [3.63, 3.8) is 0 Å². The maximum absolute atomic E-state index is 13.7. The predicted molar refractivity (Wildman–Crippen MR) is 64.6 cm³/mol. The molecule has 1 aliphatic heterocycles. The number of carbonyl (C=O) groups is 1. The van der Waals surface area contributed by atoms with Crippen LogP contribution >= 0.6 is 12.4 Å². The van der Waals surface area contributed by atoms with Gasteiger partial charge in [0.05, 0.1) is 6.04 Å². The van der Waals surface area contributed by atoms with E-state index >= 15 is 0 Å². The molecule has 1 atom stereocenters. The molecule has 1 aliphatic rings. The van der Waals surface area contributed by atoms with E-state index in [2.05, 4.69) is 5.32 Å². The van der Waals surface area contributed by atoms with Crippen molar-refractivity contribution >= 4 is 18.5 Å². The Hall–Kier alpha value is -1.36. The van der Waals surface area contributed by atoms with Gasteiger partial charge in [-0.15, -0.1) is 12.4 Å². The summed E-state index contributed by atoms with van der Waals surface area (Å²) in [6, 6.07) is 3.34. The Morgan fingerprint density at radius 3 is 2.72 bits per heavy atom. The summed E-state index contributed by atoms with van der Waals surface area (Å²) in [4.78, 5) is 11.2. The maximum Gasteiger partial charge on any atom is 0.407 e. The van der Waals surface area contributed by atoms with E-state index in [0.29, 0.717) is 0 Å². The first-order valence-electron chi connectivity index (χ1n) is 5.29. The summed E-state index contributed by atoms with van der Waals surface area (Å²) in [5, 5.41) is 2.52. The highest BCUT2D eigenvalue weighted by atomic mass is 35.5. The zero-order valence-electron chi connectivity index (χ0n) is 10.00. The summed E-state index contributed by atoms with van der Waals surface area (Å²) >= 11 is 0. The van der Waals surface area contributed by atoms with Gasteiger partial charge in [0.1, 0.15) is 6.61 Å². The minimum atomic E-state index is -0.923. The lowest BCUT2D eigenvalue weighted by atomic mass is 9.80. The zero-order chi connectivity index (χ0) is 12.6. The van der Waals surface area contributed by atoms with E-state index in [1.165, 1.54) is 12.1 Å². The smallest absolute Gasteiger partial charge is 0.407 e. The molecule has 1 saturated heterocycles. The lowest BCUT2D eigenvalue weighted by Crippen LogP contribution is -2.47. The van der Waals surface area contributed by atoms with Gasteiger partial charge in [0.2, 0.25) is 0 Å². The Balaban J connectivity index is 0.00000162. The third-order valence-electron chi connectivity index (χ3n) is 2.91. The van der Waals surface area contributed by atoms with Crippen LogP contribution in [0.4, 0.5) is 13.6 Å². The maximum atomic E-state index is 13.7. The van der Waals surface area contributed by atoms with Gasteiger partial charge < -0.3 is 10.1 Å². The number of cyclic esters (lactones) is 1. The van der Waals surface area contributed by atoms with Crippen LogP contribution < -0.4 is 5.32 Å². The molecule has 100 valence electrons. The quantitative estimate of drug-likeness (QED) is 0.856. The molecule has 1 fully saturated rings. The average Bonchev–Trinajstić information content (AvgIpc) is 2.26. The second-order valence-electron chi connectivity index (χ2n) is 4.79. The normalized spacial score (nSPS) is 21.6. The van der Waals surface area contributed by atoms with Crippen LogP contribution in [0.25, 0.3) is 0 Å². The number of carbonyl (C=O) groups excluding carboxylic acids is 1. The molecule has 1 heterocycles. The second kappa shape index (κ2) is 5.10. The predicted octanol–water partition coefficient (Wildman–Crippen LogP) is 3.19.